The summed E-state index contributed by atoms with van der Waals surface area (Å²) in [5, 5.41) is 1.02. The first kappa shape index (κ1) is 29.0. The van der Waals surface area contributed by atoms with E-state index in [0.717, 1.165) is 74.3 Å². The zero-order chi connectivity index (χ0) is 29.6. The number of hydrogen-bond acceptors (Lipinski definition) is 6. The maximum atomic E-state index is 13.0. The Bertz CT molecular complexity index is 1620. The van der Waals surface area contributed by atoms with E-state index in [9.17, 15) is 4.39 Å². The van der Waals surface area contributed by atoms with Gasteiger partial charge < -0.3 is 18.9 Å². The summed E-state index contributed by atoms with van der Waals surface area (Å²) in [6, 6.07) is 32.3. The average Bonchev–Trinajstić information content (AvgIpc) is 3.69. The number of nitrogens with zero attached hydrogens (tertiary/aromatic N) is 1. The number of methoxy groups -OCH3 is 1. The van der Waals surface area contributed by atoms with Gasteiger partial charge >= 0.3 is 0 Å². The molecule has 1 fully saturated rings. The second kappa shape index (κ2) is 13.5. The molecule has 2 atom stereocenters. The molecule has 1 aliphatic heterocycles. The number of likely N-dealkylation sites (tertiary alicyclic amines) is 1. The molecule has 0 aliphatic carbocycles. The highest BCUT2D eigenvalue weighted by Gasteiger charge is 2.26. The molecular weight excluding hydrogens is 561 g/mol. The van der Waals surface area contributed by atoms with Gasteiger partial charge in [0, 0.05) is 28.6 Å². The first-order valence-corrected chi connectivity index (χ1v) is 15.5. The Morgan fingerprint density at radius 3 is 2.30 bits per heavy atom. The van der Waals surface area contributed by atoms with Crippen molar-refractivity contribution in [3.8, 4) is 39.2 Å². The van der Waals surface area contributed by atoms with E-state index in [0.29, 0.717) is 13.2 Å². The predicted molar refractivity (Wildman–Crippen MR) is 172 cm³/mol. The predicted octanol–water partition coefficient (Wildman–Crippen LogP) is 9.01. The standard InChI is InChI=1S/C36H36FNO4S/c1-25(38-19-18-27(21-37)22-38)23-40-30-12-14-31(15-13-30)42-35-33-17-16-32(41-24-26-6-4-3-5-7-26)20-34(33)43-36(35)28-8-10-29(39-2)11-9-28/h3-17,20,25,27H,18-19,21-24H2,1-2H3/t25?,27-/m0/s1. The maximum Gasteiger partial charge on any atom is 0.153 e. The lowest BCUT2D eigenvalue weighted by Gasteiger charge is -2.24. The quantitative estimate of drug-likeness (QED) is 0.144. The highest BCUT2D eigenvalue weighted by atomic mass is 32.1. The van der Waals surface area contributed by atoms with Crippen LogP contribution in [0.15, 0.2) is 97.1 Å². The molecule has 0 radical (unpaired) electrons. The zero-order valence-electron chi connectivity index (χ0n) is 24.5. The van der Waals surface area contributed by atoms with Gasteiger partial charge in [-0.05, 0) is 97.7 Å². The van der Waals surface area contributed by atoms with Gasteiger partial charge in [-0.15, -0.1) is 11.3 Å². The van der Waals surface area contributed by atoms with Crippen LogP contribution in [0, 0.1) is 5.92 Å². The highest BCUT2D eigenvalue weighted by Crippen LogP contribution is 2.47. The SMILES string of the molecule is COc1ccc(-c2sc3cc(OCc4ccccc4)ccc3c2Oc2ccc(OCC(C)N3CC[C@@H](CF)C3)cc2)cc1. The van der Waals surface area contributed by atoms with Crippen LogP contribution in [0.1, 0.15) is 18.9 Å². The molecular formula is C36H36FNO4S. The van der Waals surface area contributed by atoms with Gasteiger partial charge in [-0.25, -0.2) is 0 Å². The van der Waals surface area contributed by atoms with Gasteiger partial charge in [-0.2, -0.15) is 0 Å². The average molecular weight is 598 g/mol. The van der Waals surface area contributed by atoms with E-state index in [1.807, 2.05) is 60.7 Å². The third-order valence-corrected chi connectivity index (χ3v) is 9.09. The third kappa shape index (κ3) is 6.95. The molecule has 4 aromatic carbocycles. The fraction of sp³-hybridized carbons (Fsp3) is 0.278. The monoisotopic (exact) mass is 597 g/mol. The molecule has 0 spiro atoms. The van der Waals surface area contributed by atoms with Crippen molar-refractivity contribution in [2.24, 2.45) is 5.92 Å². The summed E-state index contributed by atoms with van der Waals surface area (Å²) in [5.74, 6) is 4.09. The van der Waals surface area contributed by atoms with Crippen LogP contribution < -0.4 is 18.9 Å². The Morgan fingerprint density at radius 2 is 1.58 bits per heavy atom. The van der Waals surface area contributed by atoms with Crippen molar-refractivity contribution < 1.29 is 23.3 Å². The first-order valence-electron chi connectivity index (χ1n) is 14.7. The van der Waals surface area contributed by atoms with E-state index in [4.69, 9.17) is 18.9 Å². The van der Waals surface area contributed by atoms with E-state index in [1.165, 1.54) is 0 Å². The number of ether oxygens (including phenoxy) is 4. The molecule has 1 saturated heterocycles. The summed E-state index contributed by atoms with van der Waals surface area (Å²) >= 11 is 1.68. The summed E-state index contributed by atoms with van der Waals surface area (Å²) in [6.45, 7) is 4.70. The molecule has 5 aromatic rings. The number of alkyl halides is 1. The van der Waals surface area contributed by atoms with Crippen molar-refractivity contribution in [1.82, 2.24) is 4.90 Å². The maximum absolute atomic E-state index is 13.0. The fourth-order valence-electron chi connectivity index (χ4n) is 5.35. The molecule has 0 N–H and O–H groups in total. The van der Waals surface area contributed by atoms with Gasteiger partial charge in [0.1, 0.15) is 36.2 Å². The van der Waals surface area contributed by atoms with Crippen molar-refractivity contribution >= 4 is 21.4 Å². The summed E-state index contributed by atoms with van der Waals surface area (Å²) in [5.41, 5.74) is 2.18. The van der Waals surface area contributed by atoms with Crippen LogP contribution in [0.25, 0.3) is 20.5 Å². The smallest absolute Gasteiger partial charge is 0.153 e. The molecule has 1 aromatic heterocycles. The van der Waals surface area contributed by atoms with Crippen LogP contribution in [0.3, 0.4) is 0 Å². The number of hydrogen-bond donors (Lipinski definition) is 0. The Kier molecular flexibility index (Phi) is 9.10. The first-order chi connectivity index (χ1) is 21.1. The number of fused-ring (bicyclic) bond motifs is 1. The summed E-state index contributed by atoms with van der Waals surface area (Å²) in [7, 11) is 1.67. The van der Waals surface area contributed by atoms with Crippen LogP contribution in [-0.2, 0) is 6.61 Å². The Balaban J connectivity index is 1.20. The molecule has 0 bridgehead atoms. The Morgan fingerprint density at radius 1 is 0.860 bits per heavy atom. The van der Waals surface area contributed by atoms with Crippen LogP contribution in [-0.4, -0.2) is 44.4 Å². The minimum Gasteiger partial charge on any atom is -0.497 e. The molecule has 43 heavy (non-hydrogen) atoms. The second-order valence-corrected chi connectivity index (χ2v) is 12.0. The van der Waals surface area contributed by atoms with Gasteiger partial charge in [-0.3, -0.25) is 9.29 Å². The van der Waals surface area contributed by atoms with Gasteiger partial charge in [0.2, 0.25) is 0 Å². The number of thiophene rings is 1. The topological polar surface area (TPSA) is 40.2 Å². The number of halogens is 1. The van der Waals surface area contributed by atoms with Gasteiger partial charge in [-0.1, -0.05) is 30.3 Å². The molecule has 1 unspecified atom stereocenters. The largest absolute Gasteiger partial charge is 0.497 e. The summed E-state index contributed by atoms with van der Waals surface area (Å²) in [6.07, 6.45) is 0.921. The van der Waals surface area contributed by atoms with Crippen molar-refractivity contribution in [3.05, 3.63) is 103 Å². The minimum atomic E-state index is -0.242. The second-order valence-electron chi connectivity index (χ2n) is 11.0. The van der Waals surface area contributed by atoms with Crippen molar-refractivity contribution in [2.75, 3.05) is 33.5 Å². The van der Waals surface area contributed by atoms with Crippen molar-refractivity contribution in [3.63, 3.8) is 0 Å². The van der Waals surface area contributed by atoms with Gasteiger partial charge in [0.15, 0.2) is 5.75 Å². The molecule has 6 rings (SSSR count). The summed E-state index contributed by atoms with van der Waals surface area (Å²) < 4.78 is 38.2. The van der Waals surface area contributed by atoms with Crippen LogP contribution in [0.4, 0.5) is 4.39 Å². The number of rotatable bonds is 12. The lowest BCUT2D eigenvalue weighted by Crippen LogP contribution is -2.35. The lowest BCUT2D eigenvalue weighted by atomic mass is 10.1. The lowest BCUT2D eigenvalue weighted by molar-refractivity contribution is 0.165. The van der Waals surface area contributed by atoms with Gasteiger partial charge in [0.25, 0.3) is 0 Å². The molecule has 222 valence electrons. The van der Waals surface area contributed by atoms with Crippen molar-refractivity contribution in [2.45, 2.75) is 26.0 Å². The molecule has 5 nitrogen and oxygen atoms in total. The molecule has 0 saturated carbocycles. The highest BCUT2D eigenvalue weighted by molar-refractivity contribution is 7.22. The summed E-state index contributed by atoms with van der Waals surface area (Å²) in [4.78, 5) is 3.34. The van der Waals surface area contributed by atoms with E-state index in [1.54, 1.807) is 18.4 Å². The van der Waals surface area contributed by atoms with E-state index in [2.05, 4.69) is 48.2 Å². The van der Waals surface area contributed by atoms with E-state index in [-0.39, 0.29) is 18.6 Å². The van der Waals surface area contributed by atoms with Crippen LogP contribution in [0.5, 0.6) is 28.7 Å². The zero-order valence-corrected chi connectivity index (χ0v) is 25.3. The molecule has 2 heterocycles. The normalized spacial score (nSPS) is 15.8. The van der Waals surface area contributed by atoms with Crippen molar-refractivity contribution in [1.29, 1.82) is 0 Å². The molecule has 7 heteroatoms. The fourth-order valence-corrected chi connectivity index (χ4v) is 6.51. The Hall–Kier alpha value is -4.07. The van der Waals surface area contributed by atoms with E-state index >= 15 is 0 Å². The van der Waals surface area contributed by atoms with Gasteiger partial charge in [0.05, 0.1) is 18.7 Å². The molecule has 1 aliphatic rings. The third-order valence-electron chi connectivity index (χ3n) is 7.91. The molecule has 0 amide bonds. The number of benzene rings is 4. The van der Waals surface area contributed by atoms with E-state index < -0.39 is 0 Å². The Labute approximate surface area is 256 Å². The minimum absolute atomic E-state index is 0.156. The van der Waals surface area contributed by atoms with Crippen LogP contribution >= 0.6 is 11.3 Å². The van der Waals surface area contributed by atoms with Crippen LogP contribution in [0.2, 0.25) is 0 Å².